The maximum Gasteiger partial charge on any atom is 0.314 e. The molecule has 114 valence electrons. The van der Waals surface area contributed by atoms with Gasteiger partial charge in [-0.3, -0.25) is 0 Å². The van der Waals surface area contributed by atoms with Crippen molar-refractivity contribution in [3.8, 4) is 0 Å². The van der Waals surface area contributed by atoms with Crippen LogP contribution < -0.4 is 10.6 Å². The lowest BCUT2D eigenvalue weighted by atomic mass is 9.95. The SMILES string of the molecule is CC(C)CCC(C)(O)CNC(=O)NCCc1cscn1. The van der Waals surface area contributed by atoms with Crippen molar-refractivity contribution < 1.29 is 9.90 Å². The number of rotatable bonds is 8. The van der Waals surface area contributed by atoms with Crippen LogP contribution in [0.2, 0.25) is 0 Å². The molecule has 20 heavy (non-hydrogen) atoms. The summed E-state index contributed by atoms with van der Waals surface area (Å²) in [7, 11) is 0. The van der Waals surface area contributed by atoms with Gasteiger partial charge in [0.1, 0.15) is 0 Å². The van der Waals surface area contributed by atoms with E-state index in [4.69, 9.17) is 0 Å². The van der Waals surface area contributed by atoms with Crippen molar-refractivity contribution >= 4 is 17.4 Å². The van der Waals surface area contributed by atoms with Crippen LogP contribution >= 0.6 is 11.3 Å². The fraction of sp³-hybridized carbons (Fsp3) is 0.714. The van der Waals surface area contributed by atoms with Gasteiger partial charge in [0, 0.05) is 24.9 Å². The summed E-state index contributed by atoms with van der Waals surface area (Å²) in [6.45, 7) is 6.81. The Labute approximate surface area is 124 Å². The molecule has 3 N–H and O–H groups in total. The molecule has 0 spiro atoms. The van der Waals surface area contributed by atoms with Crippen LogP contribution in [0.5, 0.6) is 0 Å². The van der Waals surface area contributed by atoms with E-state index in [1.54, 1.807) is 23.8 Å². The van der Waals surface area contributed by atoms with Gasteiger partial charge in [-0.05, 0) is 25.7 Å². The van der Waals surface area contributed by atoms with Crippen LogP contribution in [0.1, 0.15) is 39.3 Å². The fourth-order valence-electron chi connectivity index (χ4n) is 1.69. The van der Waals surface area contributed by atoms with Gasteiger partial charge in [-0.2, -0.15) is 0 Å². The predicted octanol–water partition coefficient (Wildman–Crippen LogP) is 2.17. The number of aromatic nitrogens is 1. The maximum atomic E-state index is 11.6. The number of carbonyl (C=O) groups is 1. The molecule has 0 saturated heterocycles. The van der Waals surface area contributed by atoms with Crippen molar-refractivity contribution in [2.24, 2.45) is 5.92 Å². The first-order valence-corrected chi connectivity index (χ1v) is 7.94. The topological polar surface area (TPSA) is 74.2 Å². The number of aliphatic hydroxyl groups is 1. The van der Waals surface area contributed by atoms with E-state index in [-0.39, 0.29) is 12.6 Å². The van der Waals surface area contributed by atoms with Gasteiger partial charge < -0.3 is 15.7 Å². The van der Waals surface area contributed by atoms with Gasteiger partial charge in [0.2, 0.25) is 0 Å². The second-order valence-corrected chi connectivity index (χ2v) is 6.49. The fourth-order valence-corrected chi connectivity index (χ4v) is 2.28. The van der Waals surface area contributed by atoms with Crippen LogP contribution in [0.3, 0.4) is 0 Å². The molecule has 0 radical (unpaired) electrons. The van der Waals surface area contributed by atoms with E-state index in [2.05, 4.69) is 29.5 Å². The Morgan fingerprint density at radius 3 is 2.85 bits per heavy atom. The highest BCUT2D eigenvalue weighted by molar-refractivity contribution is 7.07. The van der Waals surface area contributed by atoms with Gasteiger partial charge >= 0.3 is 6.03 Å². The molecule has 1 unspecified atom stereocenters. The summed E-state index contributed by atoms with van der Waals surface area (Å²) >= 11 is 1.55. The molecule has 0 aliphatic rings. The summed E-state index contributed by atoms with van der Waals surface area (Å²) in [5, 5.41) is 17.6. The highest BCUT2D eigenvalue weighted by Crippen LogP contribution is 2.15. The lowest BCUT2D eigenvalue weighted by Gasteiger charge is -2.24. The Kier molecular flexibility index (Phi) is 6.95. The summed E-state index contributed by atoms with van der Waals surface area (Å²) in [5.41, 5.74) is 1.91. The Morgan fingerprint density at radius 1 is 1.50 bits per heavy atom. The molecule has 0 bridgehead atoms. The number of hydrogen-bond acceptors (Lipinski definition) is 4. The summed E-state index contributed by atoms with van der Waals surface area (Å²) in [5.74, 6) is 0.549. The number of thiazole rings is 1. The predicted molar refractivity (Wildman–Crippen MR) is 81.9 cm³/mol. The summed E-state index contributed by atoms with van der Waals surface area (Å²) in [4.78, 5) is 15.8. The molecule has 0 aliphatic heterocycles. The van der Waals surface area contributed by atoms with Crippen molar-refractivity contribution in [1.82, 2.24) is 15.6 Å². The van der Waals surface area contributed by atoms with Crippen molar-refractivity contribution in [2.75, 3.05) is 13.1 Å². The molecule has 6 heteroatoms. The lowest BCUT2D eigenvalue weighted by Crippen LogP contribution is -2.45. The molecule has 5 nitrogen and oxygen atoms in total. The second kappa shape index (κ2) is 8.21. The van der Waals surface area contributed by atoms with E-state index >= 15 is 0 Å². The van der Waals surface area contributed by atoms with Gasteiger partial charge in [-0.15, -0.1) is 11.3 Å². The standard InChI is InChI=1S/C14H25N3O2S/c1-11(2)4-6-14(3,19)9-16-13(18)15-7-5-12-8-20-10-17-12/h8,10-11,19H,4-7,9H2,1-3H3,(H2,15,16,18). The molecule has 0 aliphatic carbocycles. The zero-order valence-corrected chi connectivity index (χ0v) is 13.3. The van der Waals surface area contributed by atoms with E-state index in [0.29, 0.717) is 18.9 Å². The maximum absolute atomic E-state index is 11.6. The van der Waals surface area contributed by atoms with Crippen LogP contribution in [0, 0.1) is 5.92 Å². The number of amides is 2. The molecular formula is C14H25N3O2S. The average Bonchev–Trinajstić information content (AvgIpc) is 2.87. The zero-order chi connectivity index (χ0) is 15.0. The molecule has 1 aromatic heterocycles. The van der Waals surface area contributed by atoms with Gasteiger partial charge in [0.05, 0.1) is 16.8 Å². The number of hydrogen-bond donors (Lipinski definition) is 3. The Bertz CT molecular complexity index is 391. The molecule has 0 fully saturated rings. The normalized spacial score (nSPS) is 14.1. The summed E-state index contributed by atoms with van der Waals surface area (Å²) < 4.78 is 0. The van der Waals surface area contributed by atoms with Crippen molar-refractivity contribution in [3.63, 3.8) is 0 Å². The Hall–Kier alpha value is -1.14. The first kappa shape index (κ1) is 16.9. The van der Waals surface area contributed by atoms with Crippen LogP contribution in [0.15, 0.2) is 10.9 Å². The Balaban J connectivity index is 2.15. The van der Waals surface area contributed by atoms with E-state index in [1.807, 2.05) is 5.38 Å². The van der Waals surface area contributed by atoms with Gasteiger partial charge in [0.25, 0.3) is 0 Å². The molecule has 1 atom stereocenters. The van der Waals surface area contributed by atoms with Crippen molar-refractivity contribution in [3.05, 3.63) is 16.6 Å². The quantitative estimate of drug-likeness (QED) is 0.689. The zero-order valence-electron chi connectivity index (χ0n) is 12.5. The first-order chi connectivity index (χ1) is 9.39. The summed E-state index contributed by atoms with van der Waals surface area (Å²) in [6.07, 6.45) is 2.35. The van der Waals surface area contributed by atoms with Crippen molar-refractivity contribution in [1.29, 1.82) is 0 Å². The van der Waals surface area contributed by atoms with Gasteiger partial charge in [0.15, 0.2) is 0 Å². The minimum Gasteiger partial charge on any atom is -0.388 e. The largest absolute Gasteiger partial charge is 0.388 e. The molecule has 1 rings (SSSR count). The van der Waals surface area contributed by atoms with E-state index < -0.39 is 5.60 Å². The van der Waals surface area contributed by atoms with Crippen LogP contribution in [-0.2, 0) is 6.42 Å². The van der Waals surface area contributed by atoms with E-state index in [1.165, 1.54) is 0 Å². The summed E-state index contributed by atoms with van der Waals surface area (Å²) in [6, 6.07) is -0.245. The smallest absolute Gasteiger partial charge is 0.314 e. The number of urea groups is 1. The number of carbonyl (C=O) groups excluding carboxylic acids is 1. The van der Waals surface area contributed by atoms with Crippen LogP contribution in [0.4, 0.5) is 4.79 Å². The Morgan fingerprint density at radius 2 is 2.25 bits per heavy atom. The minimum atomic E-state index is -0.851. The monoisotopic (exact) mass is 299 g/mol. The first-order valence-electron chi connectivity index (χ1n) is 7.00. The van der Waals surface area contributed by atoms with Crippen LogP contribution in [-0.4, -0.2) is 34.8 Å². The highest BCUT2D eigenvalue weighted by Gasteiger charge is 2.21. The third-order valence-corrected chi connectivity index (χ3v) is 3.68. The molecule has 0 saturated carbocycles. The lowest BCUT2D eigenvalue weighted by molar-refractivity contribution is 0.0477. The highest BCUT2D eigenvalue weighted by atomic mass is 32.1. The number of nitrogens with zero attached hydrogens (tertiary/aromatic N) is 1. The molecule has 1 aromatic rings. The van der Waals surface area contributed by atoms with Crippen LogP contribution in [0.25, 0.3) is 0 Å². The third kappa shape index (κ3) is 7.45. The van der Waals surface area contributed by atoms with Crippen molar-refractivity contribution in [2.45, 2.75) is 45.6 Å². The average molecular weight is 299 g/mol. The van der Waals surface area contributed by atoms with E-state index in [9.17, 15) is 9.90 Å². The third-order valence-electron chi connectivity index (χ3n) is 3.04. The molecular weight excluding hydrogens is 274 g/mol. The molecule has 1 heterocycles. The number of nitrogens with one attached hydrogen (secondary N) is 2. The molecule has 0 aromatic carbocycles. The van der Waals surface area contributed by atoms with Gasteiger partial charge in [-0.25, -0.2) is 9.78 Å². The molecule has 2 amide bonds. The van der Waals surface area contributed by atoms with Gasteiger partial charge in [-0.1, -0.05) is 13.8 Å². The second-order valence-electron chi connectivity index (χ2n) is 5.77. The van der Waals surface area contributed by atoms with E-state index in [0.717, 1.165) is 18.5 Å². The minimum absolute atomic E-state index is 0.245.